The van der Waals surface area contributed by atoms with Gasteiger partial charge in [-0.15, -0.1) is 0 Å². The highest BCUT2D eigenvalue weighted by molar-refractivity contribution is 5.91. The van der Waals surface area contributed by atoms with Crippen molar-refractivity contribution in [1.82, 2.24) is 16.0 Å². The van der Waals surface area contributed by atoms with Crippen molar-refractivity contribution in [1.29, 1.82) is 0 Å². The molecule has 3 amide bonds. The second-order valence-electron chi connectivity index (χ2n) is 8.57. The van der Waals surface area contributed by atoms with Gasteiger partial charge in [0, 0.05) is 6.54 Å². The maximum absolute atomic E-state index is 12.9. The molecule has 0 saturated heterocycles. The molecule has 0 aliphatic rings. The molecule has 4 N–H and O–H groups in total. The highest BCUT2D eigenvalue weighted by Crippen LogP contribution is 2.10. The molecule has 0 fully saturated rings. The Morgan fingerprint density at radius 1 is 0.882 bits per heavy atom. The number of phenolic OH excluding ortho intramolecular Hbond substituents is 1. The van der Waals surface area contributed by atoms with Crippen LogP contribution in [0.15, 0.2) is 54.6 Å². The summed E-state index contributed by atoms with van der Waals surface area (Å²) in [6.45, 7) is 6.21. The van der Waals surface area contributed by atoms with E-state index in [1.165, 1.54) is 0 Å². The van der Waals surface area contributed by atoms with Crippen LogP contribution >= 0.6 is 0 Å². The summed E-state index contributed by atoms with van der Waals surface area (Å²) in [5.41, 5.74) is 1.82. The van der Waals surface area contributed by atoms with Crippen LogP contribution < -0.4 is 16.0 Å². The molecule has 0 unspecified atom stereocenters. The van der Waals surface area contributed by atoms with E-state index in [-0.39, 0.29) is 24.2 Å². The summed E-state index contributed by atoms with van der Waals surface area (Å²) < 4.78 is 5.25. The van der Waals surface area contributed by atoms with E-state index >= 15 is 0 Å². The molecule has 8 heteroatoms. The van der Waals surface area contributed by atoms with Gasteiger partial charge >= 0.3 is 6.09 Å². The second kappa shape index (κ2) is 13.9. The number of ether oxygens (including phenoxy) is 1. The Labute approximate surface area is 201 Å². The zero-order valence-corrected chi connectivity index (χ0v) is 20.0. The quantitative estimate of drug-likeness (QED) is 0.381. The number of benzene rings is 2. The van der Waals surface area contributed by atoms with Gasteiger partial charge in [0.15, 0.2) is 0 Å². The Hall–Kier alpha value is -3.55. The van der Waals surface area contributed by atoms with Crippen molar-refractivity contribution < 1.29 is 24.2 Å². The molecule has 0 heterocycles. The normalized spacial score (nSPS) is 12.5. The summed E-state index contributed by atoms with van der Waals surface area (Å²) in [6, 6.07) is 14.5. The Kier molecular flexibility index (Phi) is 10.9. The lowest BCUT2D eigenvalue weighted by Gasteiger charge is -2.23. The lowest BCUT2D eigenvalue weighted by molar-refractivity contribution is -0.130. The average Bonchev–Trinajstić information content (AvgIpc) is 2.82. The fourth-order valence-electron chi connectivity index (χ4n) is 3.35. The summed E-state index contributed by atoms with van der Waals surface area (Å²) in [4.78, 5) is 37.8. The highest BCUT2D eigenvalue weighted by atomic mass is 16.5. The maximum Gasteiger partial charge on any atom is 0.408 e. The zero-order valence-electron chi connectivity index (χ0n) is 20.0. The minimum atomic E-state index is -0.817. The number of hydrogen-bond donors (Lipinski definition) is 4. The summed E-state index contributed by atoms with van der Waals surface area (Å²) in [7, 11) is 0. The monoisotopic (exact) mass is 469 g/mol. The predicted octanol–water partition coefficient (Wildman–Crippen LogP) is 3.29. The summed E-state index contributed by atoms with van der Waals surface area (Å²) in [5.74, 6) is -0.380. The molecule has 0 aromatic heterocycles. The Balaban J connectivity index is 1.87. The van der Waals surface area contributed by atoms with Crippen molar-refractivity contribution in [3.63, 3.8) is 0 Å². The van der Waals surface area contributed by atoms with Gasteiger partial charge in [0.2, 0.25) is 11.8 Å². The number of rotatable bonds is 12. The largest absolute Gasteiger partial charge is 0.508 e. The van der Waals surface area contributed by atoms with Crippen molar-refractivity contribution in [2.75, 3.05) is 6.54 Å². The second-order valence-corrected chi connectivity index (χ2v) is 8.57. The van der Waals surface area contributed by atoms with Gasteiger partial charge < -0.3 is 25.8 Å². The SMILES string of the molecule is CC[C@H](NC(=O)[C@H](CC(C)C)NC(=O)OCc1ccccc1)C(=O)NCCc1ccc(O)cc1. The van der Waals surface area contributed by atoms with Gasteiger partial charge in [-0.3, -0.25) is 9.59 Å². The molecule has 0 bridgehead atoms. The minimum absolute atomic E-state index is 0.101. The number of amides is 3. The van der Waals surface area contributed by atoms with Crippen molar-refractivity contribution in [3.8, 4) is 5.75 Å². The van der Waals surface area contributed by atoms with Crippen molar-refractivity contribution in [3.05, 3.63) is 65.7 Å². The van der Waals surface area contributed by atoms with Crippen LogP contribution in [0.25, 0.3) is 0 Å². The first-order chi connectivity index (χ1) is 16.3. The van der Waals surface area contributed by atoms with Crippen LogP contribution in [0.1, 0.15) is 44.7 Å². The zero-order chi connectivity index (χ0) is 24.9. The van der Waals surface area contributed by atoms with E-state index in [4.69, 9.17) is 4.74 Å². The van der Waals surface area contributed by atoms with Gasteiger partial charge in [-0.25, -0.2) is 4.79 Å². The van der Waals surface area contributed by atoms with E-state index in [1.54, 1.807) is 24.3 Å². The Morgan fingerprint density at radius 2 is 1.56 bits per heavy atom. The molecule has 0 spiro atoms. The molecule has 184 valence electrons. The number of aromatic hydroxyl groups is 1. The molecule has 2 rings (SSSR count). The molecule has 2 aromatic carbocycles. The first-order valence-corrected chi connectivity index (χ1v) is 11.6. The van der Waals surface area contributed by atoms with Crippen LogP contribution in [-0.4, -0.2) is 41.6 Å². The average molecular weight is 470 g/mol. The molecule has 2 aromatic rings. The standard InChI is InChI=1S/C26H35N3O5/c1-4-22(24(31)27-15-14-19-10-12-21(30)13-11-19)28-25(32)23(16-18(2)3)29-26(33)34-17-20-8-6-5-7-9-20/h5-13,18,22-23,30H,4,14-17H2,1-3H3,(H,27,31)(H,28,32)(H,29,33)/t22-,23-/m0/s1. The van der Waals surface area contributed by atoms with E-state index in [1.807, 2.05) is 51.1 Å². The Bertz CT molecular complexity index is 916. The molecule has 2 atom stereocenters. The van der Waals surface area contributed by atoms with Crippen molar-refractivity contribution in [2.24, 2.45) is 5.92 Å². The molecule has 0 radical (unpaired) electrons. The minimum Gasteiger partial charge on any atom is -0.508 e. The van der Waals surface area contributed by atoms with Gasteiger partial charge in [-0.05, 0) is 48.4 Å². The van der Waals surface area contributed by atoms with E-state index in [0.717, 1.165) is 11.1 Å². The third-order valence-electron chi connectivity index (χ3n) is 5.22. The lowest BCUT2D eigenvalue weighted by Crippen LogP contribution is -2.54. The van der Waals surface area contributed by atoms with Gasteiger partial charge in [0.05, 0.1) is 0 Å². The van der Waals surface area contributed by atoms with Crippen LogP contribution in [0.4, 0.5) is 4.79 Å². The number of nitrogens with one attached hydrogen (secondary N) is 3. The molecule has 0 saturated carbocycles. The lowest BCUT2D eigenvalue weighted by atomic mass is 10.0. The molecular formula is C26H35N3O5. The van der Waals surface area contributed by atoms with Gasteiger partial charge in [0.25, 0.3) is 0 Å². The van der Waals surface area contributed by atoms with Crippen LogP contribution in [0.5, 0.6) is 5.75 Å². The fourth-order valence-corrected chi connectivity index (χ4v) is 3.35. The van der Waals surface area contributed by atoms with Gasteiger partial charge in [-0.2, -0.15) is 0 Å². The predicted molar refractivity (Wildman–Crippen MR) is 130 cm³/mol. The van der Waals surface area contributed by atoms with E-state index in [9.17, 15) is 19.5 Å². The number of carbonyl (C=O) groups excluding carboxylic acids is 3. The molecule has 0 aliphatic heterocycles. The van der Waals surface area contributed by atoms with Crippen LogP contribution in [0.3, 0.4) is 0 Å². The molecule has 34 heavy (non-hydrogen) atoms. The third kappa shape index (κ3) is 9.52. The molecule has 8 nitrogen and oxygen atoms in total. The van der Waals surface area contributed by atoms with Crippen molar-refractivity contribution in [2.45, 2.75) is 58.7 Å². The first-order valence-electron chi connectivity index (χ1n) is 11.6. The highest BCUT2D eigenvalue weighted by Gasteiger charge is 2.26. The number of hydrogen-bond acceptors (Lipinski definition) is 5. The fraction of sp³-hybridized carbons (Fsp3) is 0.423. The van der Waals surface area contributed by atoms with E-state index in [2.05, 4.69) is 16.0 Å². The van der Waals surface area contributed by atoms with Gasteiger partial charge in [0.1, 0.15) is 24.4 Å². The van der Waals surface area contributed by atoms with E-state index < -0.39 is 24.1 Å². The Morgan fingerprint density at radius 3 is 2.18 bits per heavy atom. The van der Waals surface area contributed by atoms with Crippen LogP contribution in [0.2, 0.25) is 0 Å². The number of alkyl carbamates (subject to hydrolysis) is 1. The summed E-state index contributed by atoms with van der Waals surface area (Å²) in [5, 5.41) is 17.6. The van der Waals surface area contributed by atoms with Crippen LogP contribution in [0, 0.1) is 5.92 Å². The molecule has 0 aliphatic carbocycles. The van der Waals surface area contributed by atoms with Crippen LogP contribution in [-0.2, 0) is 27.4 Å². The summed E-state index contributed by atoms with van der Waals surface area (Å²) in [6.07, 6.45) is 0.728. The first kappa shape index (κ1) is 26.7. The number of phenols is 1. The van der Waals surface area contributed by atoms with Gasteiger partial charge in [-0.1, -0.05) is 63.2 Å². The maximum atomic E-state index is 12.9. The van der Waals surface area contributed by atoms with E-state index in [0.29, 0.717) is 25.8 Å². The number of carbonyl (C=O) groups is 3. The summed E-state index contributed by atoms with van der Waals surface area (Å²) >= 11 is 0. The third-order valence-corrected chi connectivity index (χ3v) is 5.22. The smallest absolute Gasteiger partial charge is 0.408 e. The topological polar surface area (TPSA) is 117 Å². The van der Waals surface area contributed by atoms with Crippen molar-refractivity contribution >= 4 is 17.9 Å². The molecular weight excluding hydrogens is 434 g/mol.